The molecule has 2 aliphatic carbocycles. The van der Waals surface area contributed by atoms with Crippen LogP contribution >= 0.6 is 0 Å². The summed E-state index contributed by atoms with van der Waals surface area (Å²) in [6.45, 7) is 0. The highest BCUT2D eigenvalue weighted by molar-refractivity contribution is 5.36. The van der Waals surface area contributed by atoms with Gasteiger partial charge in [0.25, 0.3) is 0 Å². The molecule has 1 saturated carbocycles. The quantitative estimate of drug-likeness (QED) is 0.603. The van der Waals surface area contributed by atoms with E-state index in [0.29, 0.717) is 6.04 Å². The molecule has 17 heavy (non-hydrogen) atoms. The molecule has 0 bridgehead atoms. The van der Waals surface area contributed by atoms with E-state index >= 15 is 0 Å². The number of hydrazine groups is 1. The van der Waals surface area contributed by atoms with Crippen LogP contribution in [-0.4, -0.2) is 0 Å². The number of rotatable bonds is 5. The number of nitrogens with one attached hydrogen (secondary N) is 1. The van der Waals surface area contributed by atoms with Crippen LogP contribution in [0.1, 0.15) is 54.8 Å². The molecule has 2 heteroatoms. The highest BCUT2D eigenvalue weighted by Gasteiger charge is 2.23. The van der Waals surface area contributed by atoms with Crippen molar-refractivity contribution >= 4 is 0 Å². The number of nitrogens with two attached hydrogens (primary N) is 1. The molecule has 1 unspecified atom stereocenters. The van der Waals surface area contributed by atoms with Gasteiger partial charge in [-0.05, 0) is 54.7 Å². The maximum absolute atomic E-state index is 5.71. The third-order valence-electron chi connectivity index (χ3n) is 4.29. The zero-order valence-corrected chi connectivity index (χ0v) is 10.4. The topological polar surface area (TPSA) is 38.0 Å². The number of fused-ring (bicyclic) bond motifs is 1. The Labute approximate surface area is 104 Å². The van der Waals surface area contributed by atoms with Gasteiger partial charge in [0.1, 0.15) is 0 Å². The molecule has 3 rings (SSSR count). The second-order valence-corrected chi connectivity index (χ2v) is 5.62. The zero-order chi connectivity index (χ0) is 11.7. The molecule has 1 atom stereocenters. The predicted octanol–water partition coefficient (Wildman–Crippen LogP) is 2.87. The normalized spacial score (nSPS) is 20.3. The van der Waals surface area contributed by atoms with Crippen molar-refractivity contribution in [2.45, 2.75) is 51.0 Å². The lowest BCUT2D eigenvalue weighted by Gasteiger charge is -2.17. The van der Waals surface area contributed by atoms with Crippen LogP contribution in [0, 0.1) is 5.92 Å². The Bertz CT molecular complexity index is 396. The summed E-state index contributed by atoms with van der Waals surface area (Å²) in [6, 6.07) is 7.29. The van der Waals surface area contributed by atoms with E-state index in [1.807, 2.05) is 0 Å². The highest BCUT2D eigenvalue weighted by Crippen LogP contribution is 2.36. The van der Waals surface area contributed by atoms with Gasteiger partial charge in [-0.2, -0.15) is 0 Å². The third kappa shape index (κ3) is 2.53. The summed E-state index contributed by atoms with van der Waals surface area (Å²) in [5, 5.41) is 0. The lowest BCUT2D eigenvalue weighted by Crippen LogP contribution is -2.28. The zero-order valence-electron chi connectivity index (χ0n) is 10.4. The minimum Gasteiger partial charge on any atom is -0.271 e. The summed E-state index contributed by atoms with van der Waals surface area (Å²) < 4.78 is 0. The predicted molar refractivity (Wildman–Crippen MR) is 70.5 cm³/mol. The van der Waals surface area contributed by atoms with Gasteiger partial charge >= 0.3 is 0 Å². The van der Waals surface area contributed by atoms with Crippen molar-refractivity contribution in [3.05, 3.63) is 34.9 Å². The summed E-state index contributed by atoms with van der Waals surface area (Å²) in [7, 11) is 0. The van der Waals surface area contributed by atoms with Gasteiger partial charge in [-0.15, -0.1) is 0 Å². The smallest absolute Gasteiger partial charge is 0.0460 e. The summed E-state index contributed by atoms with van der Waals surface area (Å²) in [6.07, 6.45) is 9.21. The summed E-state index contributed by atoms with van der Waals surface area (Å²) in [4.78, 5) is 0. The Morgan fingerprint density at radius 3 is 2.82 bits per heavy atom. The highest BCUT2D eigenvalue weighted by atomic mass is 15.2. The number of hydrogen-bond acceptors (Lipinski definition) is 2. The molecule has 0 spiro atoms. The summed E-state index contributed by atoms with van der Waals surface area (Å²) in [5.74, 6) is 6.69. The van der Waals surface area contributed by atoms with Gasteiger partial charge in [-0.25, -0.2) is 0 Å². The Morgan fingerprint density at radius 2 is 2.06 bits per heavy atom. The Hall–Kier alpha value is -0.860. The number of aryl methyl sites for hydroxylation is 2. The fourth-order valence-electron chi connectivity index (χ4n) is 2.96. The second-order valence-electron chi connectivity index (χ2n) is 5.62. The van der Waals surface area contributed by atoms with Crippen LogP contribution in [0.2, 0.25) is 0 Å². The van der Waals surface area contributed by atoms with E-state index in [1.54, 1.807) is 11.1 Å². The van der Waals surface area contributed by atoms with Gasteiger partial charge in [0.05, 0.1) is 0 Å². The molecular formula is C15H22N2. The van der Waals surface area contributed by atoms with Crippen molar-refractivity contribution < 1.29 is 0 Å². The fourth-order valence-corrected chi connectivity index (χ4v) is 2.96. The SMILES string of the molecule is NNC(CCC1CC1)c1ccc2c(c1)CCC2. The van der Waals surface area contributed by atoms with E-state index in [0.717, 1.165) is 5.92 Å². The van der Waals surface area contributed by atoms with Crippen LogP contribution in [0.15, 0.2) is 18.2 Å². The van der Waals surface area contributed by atoms with E-state index in [1.165, 1.54) is 50.5 Å². The van der Waals surface area contributed by atoms with Gasteiger partial charge in [0.15, 0.2) is 0 Å². The van der Waals surface area contributed by atoms with Crippen molar-refractivity contribution in [3.8, 4) is 0 Å². The average molecular weight is 230 g/mol. The standard InChI is InChI=1S/C15H22N2/c16-17-15(9-6-11-4-5-11)14-8-7-12-2-1-3-13(12)10-14/h7-8,10-11,15,17H,1-6,9,16H2. The van der Waals surface area contributed by atoms with Crippen LogP contribution in [0.4, 0.5) is 0 Å². The van der Waals surface area contributed by atoms with Crippen molar-refractivity contribution in [3.63, 3.8) is 0 Å². The molecule has 0 heterocycles. The Morgan fingerprint density at radius 1 is 1.24 bits per heavy atom. The maximum atomic E-state index is 5.71. The third-order valence-corrected chi connectivity index (χ3v) is 4.29. The van der Waals surface area contributed by atoms with E-state index < -0.39 is 0 Å². The van der Waals surface area contributed by atoms with Crippen LogP contribution in [0.3, 0.4) is 0 Å². The molecular weight excluding hydrogens is 208 g/mol. The summed E-state index contributed by atoms with van der Waals surface area (Å²) >= 11 is 0. The van der Waals surface area contributed by atoms with E-state index in [-0.39, 0.29) is 0 Å². The van der Waals surface area contributed by atoms with Gasteiger partial charge in [-0.3, -0.25) is 11.3 Å². The molecule has 92 valence electrons. The van der Waals surface area contributed by atoms with Crippen molar-refractivity contribution in [2.24, 2.45) is 11.8 Å². The summed E-state index contributed by atoms with van der Waals surface area (Å²) in [5.41, 5.74) is 7.47. The number of benzene rings is 1. The molecule has 2 nitrogen and oxygen atoms in total. The molecule has 0 radical (unpaired) electrons. The van der Waals surface area contributed by atoms with Gasteiger partial charge in [-0.1, -0.05) is 31.0 Å². The van der Waals surface area contributed by atoms with Crippen LogP contribution < -0.4 is 11.3 Å². The van der Waals surface area contributed by atoms with Gasteiger partial charge < -0.3 is 0 Å². The average Bonchev–Trinajstić information content (AvgIpc) is 3.06. The van der Waals surface area contributed by atoms with E-state index in [4.69, 9.17) is 5.84 Å². The molecule has 0 aliphatic heterocycles. The first-order valence-corrected chi connectivity index (χ1v) is 6.94. The lowest BCUT2D eigenvalue weighted by atomic mass is 9.97. The van der Waals surface area contributed by atoms with Gasteiger partial charge in [0.2, 0.25) is 0 Å². The Balaban J connectivity index is 1.71. The molecule has 0 amide bonds. The minimum absolute atomic E-state index is 0.349. The van der Waals surface area contributed by atoms with Crippen LogP contribution in [-0.2, 0) is 12.8 Å². The molecule has 0 aromatic heterocycles. The number of hydrogen-bond donors (Lipinski definition) is 2. The lowest BCUT2D eigenvalue weighted by molar-refractivity contribution is 0.481. The van der Waals surface area contributed by atoms with E-state index in [2.05, 4.69) is 23.6 Å². The minimum atomic E-state index is 0.349. The second kappa shape index (κ2) is 4.79. The van der Waals surface area contributed by atoms with E-state index in [9.17, 15) is 0 Å². The van der Waals surface area contributed by atoms with Crippen molar-refractivity contribution in [2.75, 3.05) is 0 Å². The molecule has 1 aromatic carbocycles. The molecule has 0 saturated heterocycles. The van der Waals surface area contributed by atoms with Crippen molar-refractivity contribution in [1.82, 2.24) is 5.43 Å². The van der Waals surface area contributed by atoms with Crippen molar-refractivity contribution in [1.29, 1.82) is 0 Å². The molecule has 2 aliphatic rings. The Kier molecular flexibility index (Phi) is 3.17. The molecule has 3 N–H and O–H groups in total. The first-order valence-electron chi connectivity index (χ1n) is 6.94. The fraction of sp³-hybridized carbons (Fsp3) is 0.600. The first-order chi connectivity index (χ1) is 8.36. The molecule has 1 fully saturated rings. The monoisotopic (exact) mass is 230 g/mol. The molecule has 1 aromatic rings. The van der Waals surface area contributed by atoms with Crippen LogP contribution in [0.5, 0.6) is 0 Å². The first kappa shape index (κ1) is 11.2. The maximum Gasteiger partial charge on any atom is 0.0460 e. The van der Waals surface area contributed by atoms with Gasteiger partial charge in [0, 0.05) is 6.04 Å². The largest absolute Gasteiger partial charge is 0.271 e. The van der Waals surface area contributed by atoms with Crippen LogP contribution in [0.25, 0.3) is 0 Å².